The zero-order chi connectivity index (χ0) is 8.55. The zero-order valence-corrected chi connectivity index (χ0v) is 6.44. The Labute approximate surface area is 69.6 Å². The minimum atomic E-state index is -0.00120. The summed E-state index contributed by atoms with van der Waals surface area (Å²) in [6, 6.07) is 5.66. The van der Waals surface area contributed by atoms with Crippen LogP contribution in [0.1, 0.15) is 5.69 Å². The fourth-order valence-corrected chi connectivity index (χ4v) is 1.07. The molecule has 0 fully saturated rings. The summed E-state index contributed by atoms with van der Waals surface area (Å²) in [6.07, 6.45) is 3.60. The van der Waals surface area contributed by atoms with E-state index in [-0.39, 0.29) is 5.76 Å². The van der Waals surface area contributed by atoms with E-state index in [4.69, 9.17) is 5.11 Å². The van der Waals surface area contributed by atoms with Gasteiger partial charge in [0.2, 0.25) is 0 Å². The van der Waals surface area contributed by atoms with E-state index in [1.54, 1.807) is 6.20 Å². The van der Waals surface area contributed by atoms with Crippen molar-refractivity contribution in [2.45, 2.75) is 0 Å². The number of rotatable bonds is 1. The second-order valence-electron chi connectivity index (χ2n) is 2.54. The molecule has 0 aromatic carbocycles. The van der Waals surface area contributed by atoms with E-state index in [2.05, 4.69) is 11.6 Å². The molecule has 0 radical (unpaired) electrons. The van der Waals surface area contributed by atoms with E-state index >= 15 is 0 Å². The molecule has 3 nitrogen and oxygen atoms in total. The maximum Gasteiger partial charge on any atom is 0.137 e. The van der Waals surface area contributed by atoms with Crippen molar-refractivity contribution in [2.75, 3.05) is 0 Å². The van der Waals surface area contributed by atoms with E-state index in [9.17, 15) is 0 Å². The average Bonchev–Trinajstić information content (AvgIpc) is 2.46. The molecule has 0 unspecified atom stereocenters. The number of hydrogen-bond donors (Lipinski definition) is 1. The number of aromatic nitrogens is 2. The molecule has 2 aromatic heterocycles. The van der Waals surface area contributed by atoms with Crippen LogP contribution in [0.3, 0.4) is 0 Å². The van der Waals surface area contributed by atoms with Gasteiger partial charge in [-0.1, -0.05) is 12.6 Å². The van der Waals surface area contributed by atoms with Crippen LogP contribution in [0.25, 0.3) is 11.4 Å². The number of pyridine rings is 1. The first-order chi connectivity index (χ1) is 5.77. The maximum absolute atomic E-state index is 9.05. The van der Waals surface area contributed by atoms with Gasteiger partial charge in [-0.05, 0) is 12.1 Å². The lowest BCUT2D eigenvalue weighted by Gasteiger charge is -1.86. The van der Waals surface area contributed by atoms with Gasteiger partial charge >= 0.3 is 0 Å². The normalized spacial score (nSPS) is 10.3. The monoisotopic (exact) mass is 160 g/mol. The summed E-state index contributed by atoms with van der Waals surface area (Å²) < 4.78 is 1.83. The summed E-state index contributed by atoms with van der Waals surface area (Å²) in [5, 5.41) is 9.05. The summed E-state index contributed by atoms with van der Waals surface area (Å²) in [6.45, 7) is 3.40. The molecular weight excluding hydrogens is 152 g/mol. The Hall–Kier alpha value is -1.77. The molecule has 0 bridgehead atoms. The molecular formula is C9H8N2O. The SMILES string of the molecule is C=C(O)c1cn2ccccc2n1. The first-order valence-electron chi connectivity index (χ1n) is 3.59. The van der Waals surface area contributed by atoms with Gasteiger partial charge in [0.25, 0.3) is 0 Å². The number of fused-ring (bicyclic) bond motifs is 1. The van der Waals surface area contributed by atoms with E-state index < -0.39 is 0 Å². The predicted molar refractivity (Wildman–Crippen MR) is 46.9 cm³/mol. The number of aliphatic hydroxyl groups is 1. The van der Waals surface area contributed by atoms with Crippen molar-refractivity contribution in [1.82, 2.24) is 9.38 Å². The largest absolute Gasteiger partial charge is 0.506 e. The van der Waals surface area contributed by atoms with Crippen molar-refractivity contribution in [3.63, 3.8) is 0 Å². The van der Waals surface area contributed by atoms with Crippen molar-refractivity contribution in [2.24, 2.45) is 0 Å². The molecule has 2 rings (SSSR count). The molecule has 0 aliphatic rings. The van der Waals surface area contributed by atoms with E-state index in [0.717, 1.165) is 5.65 Å². The van der Waals surface area contributed by atoms with Crippen LogP contribution in [0.15, 0.2) is 37.2 Å². The van der Waals surface area contributed by atoms with Crippen molar-refractivity contribution < 1.29 is 5.11 Å². The van der Waals surface area contributed by atoms with Gasteiger partial charge in [-0.25, -0.2) is 4.98 Å². The highest BCUT2D eigenvalue weighted by molar-refractivity contribution is 5.55. The van der Waals surface area contributed by atoms with Gasteiger partial charge in [-0.2, -0.15) is 0 Å². The third-order valence-electron chi connectivity index (χ3n) is 1.66. The standard InChI is InChI=1S/C9H8N2O/c1-7(12)8-6-11-5-3-2-4-9(11)10-8/h2-6,12H,1H2. The van der Waals surface area contributed by atoms with Crippen LogP contribution in [-0.2, 0) is 0 Å². The fourth-order valence-electron chi connectivity index (χ4n) is 1.07. The van der Waals surface area contributed by atoms with Gasteiger partial charge < -0.3 is 9.51 Å². The van der Waals surface area contributed by atoms with Gasteiger partial charge in [-0.3, -0.25) is 0 Å². The van der Waals surface area contributed by atoms with E-state index in [1.165, 1.54) is 0 Å². The Morgan fingerprint density at radius 3 is 3.00 bits per heavy atom. The van der Waals surface area contributed by atoms with Crippen molar-refractivity contribution in [3.8, 4) is 0 Å². The van der Waals surface area contributed by atoms with Gasteiger partial charge in [0.15, 0.2) is 0 Å². The Balaban J connectivity index is 2.70. The first kappa shape index (κ1) is 6.91. The maximum atomic E-state index is 9.05. The van der Waals surface area contributed by atoms with Crippen LogP contribution in [0.2, 0.25) is 0 Å². The van der Waals surface area contributed by atoms with Crippen LogP contribution in [0.4, 0.5) is 0 Å². The summed E-state index contributed by atoms with van der Waals surface area (Å²) in [5.41, 5.74) is 1.32. The highest BCUT2D eigenvalue weighted by atomic mass is 16.3. The Morgan fingerprint density at radius 1 is 1.50 bits per heavy atom. The van der Waals surface area contributed by atoms with E-state index in [0.29, 0.717) is 5.69 Å². The summed E-state index contributed by atoms with van der Waals surface area (Å²) in [5.74, 6) is -0.00120. The van der Waals surface area contributed by atoms with Gasteiger partial charge in [0, 0.05) is 12.4 Å². The quantitative estimate of drug-likeness (QED) is 0.646. The number of nitrogens with zero attached hydrogens (tertiary/aromatic N) is 2. The van der Waals surface area contributed by atoms with Crippen LogP contribution in [0.5, 0.6) is 0 Å². The molecule has 12 heavy (non-hydrogen) atoms. The number of aliphatic hydroxyl groups excluding tert-OH is 1. The summed E-state index contributed by atoms with van der Waals surface area (Å²) in [4.78, 5) is 4.13. The molecule has 0 saturated heterocycles. The first-order valence-corrected chi connectivity index (χ1v) is 3.59. The van der Waals surface area contributed by atoms with Crippen molar-refractivity contribution in [1.29, 1.82) is 0 Å². The number of hydrogen-bond acceptors (Lipinski definition) is 2. The zero-order valence-electron chi connectivity index (χ0n) is 6.44. The highest BCUT2D eigenvalue weighted by Gasteiger charge is 2.01. The lowest BCUT2D eigenvalue weighted by Crippen LogP contribution is -1.77. The molecule has 0 aliphatic carbocycles. The summed E-state index contributed by atoms with van der Waals surface area (Å²) >= 11 is 0. The molecule has 2 heterocycles. The topological polar surface area (TPSA) is 37.5 Å². The molecule has 0 atom stereocenters. The Kier molecular flexibility index (Phi) is 1.37. The average molecular weight is 160 g/mol. The molecule has 2 aromatic rings. The minimum Gasteiger partial charge on any atom is -0.506 e. The third-order valence-corrected chi connectivity index (χ3v) is 1.66. The smallest absolute Gasteiger partial charge is 0.137 e. The minimum absolute atomic E-state index is 0.00120. The molecule has 0 spiro atoms. The van der Waals surface area contributed by atoms with Gasteiger partial charge in [0.1, 0.15) is 17.1 Å². The second-order valence-corrected chi connectivity index (χ2v) is 2.54. The lowest BCUT2D eigenvalue weighted by molar-refractivity contribution is 0.511. The Morgan fingerprint density at radius 2 is 2.33 bits per heavy atom. The van der Waals surface area contributed by atoms with E-state index in [1.807, 2.05) is 28.8 Å². The second kappa shape index (κ2) is 2.37. The number of imidazole rings is 1. The fraction of sp³-hybridized carbons (Fsp3) is 0. The Bertz CT molecular complexity index is 398. The van der Waals surface area contributed by atoms with Crippen LogP contribution < -0.4 is 0 Å². The van der Waals surface area contributed by atoms with Gasteiger partial charge in [-0.15, -0.1) is 0 Å². The lowest BCUT2D eigenvalue weighted by atomic mass is 10.4. The molecule has 0 amide bonds. The molecule has 3 heteroatoms. The van der Waals surface area contributed by atoms with Crippen LogP contribution >= 0.6 is 0 Å². The predicted octanol–water partition coefficient (Wildman–Crippen LogP) is 1.86. The highest BCUT2D eigenvalue weighted by Crippen LogP contribution is 2.09. The molecule has 0 saturated carbocycles. The van der Waals surface area contributed by atoms with Crippen molar-refractivity contribution >= 4 is 11.4 Å². The molecule has 0 aliphatic heterocycles. The van der Waals surface area contributed by atoms with Crippen LogP contribution in [-0.4, -0.2) is 14.5 Å². The molecule has 60 valence electrons. The van der Waals surface area contributed by atoms with Crippen LogP contribution in [0, 0.1) is 0 Å². The summed E-state index contributed by atoms with van der Waals surface area (Å²) in [7, 11) is 0. The molecule has 1 N–H and O–H groups in total. The van der Waals surface area contributed by atoms with Gasteiger partial charge in [0.05, 0.1) is 0 Å². The van der Waals surface area contributed by atoms with Crippen molar-refractivity contribution in [3.05, 3.63) is 42.9 Å². The third kappa shape index (κ3) is 0.955.